The van der Waals surface area contributed by atoms with E-state index in [0.29, 0.717) is 32.0 Å². The largest absolute Gasteiger partial charge is 0.379 e. The number of ether oxygens (including phenoxy) is 1. The lowest BCUT2D eigenvalue weighted by atomic mass is 10.0. The van der Waals surface area contributed by atoms with Crippen LogP contribution < -0.4 is 0 Å². The number of amides is 1. The van der Waals surface area contributed by atoms with Crippen molar-refractivity contribution < 1.29 is 9.53 Å². The van der Waals surface area contributed by atoms with Crippen molar-refractivity contribution >= 4 is 5.91 Å². The van der Waals surface area contributed by atoms with Crippen LogP contribution in [0.4, 0.5) is 0 Å². The maximum Gasteiger partial charge on any atom is 0.274 e. The van der Waals surface area contributed by atoms with Crippen molar-refractivity contribution in [2.45, 2.75) is 6.42 Å². The minimum absolute atomic E-state index is 0.109. The van der Waals surface area contributed by atoms with Crippen molar-refractivity contribution in [1.29, 1.82) is 0 Å². The summed E-state index contributed by atoms with van der Waals surface area (Å²) in [5.41, 5.74) is 1.27. The molecule has 1 aliphatic rings. The van der Waals surface area contributed by atoms with Crippen LogP contribution >= 0.6 is 0 Å². The molecular formula is C15H17N5O2. The van der Waals surface area contributed by atoms with E-state index >= 15 is 0 Å². The van der Waals surface area contributed by atoms with E-state index in [1.54, 1.807) is 29.7 Å². The third-order valence-electron chi connectivity index (χ3n) is 3.52. The van der Waals surface area contributed by atoms with E-state index in [-0.39, 0.29) is 11.8 Å². The number of aromatic nitrogens is 4. The second kappa shape index (κ2) is 7.04. The van der Waals surface area contributed by atoms with Gasteiger partial charge >= 0.3 is 0 Å². The first-order valence-electron chi connectivity index (χ1n) is 7.21. The lowest BCUT2D eigenvalue weighted by Crippen LogP contribution is -2.37. The molecule has 114 valence electrons. The van der Waals surface area contributed by atoms with Gasteiger partial charge in [0, 0.05) is 50.0 Å². The van der Waals surface area contributed by atoms with Gasteiger partial charge in [0.1, 0.15) is 5.69 Å². The topological polar surface area (TPSA) is 81.1 Å². The molecule has 0 unspecified atom stereocenters. The summed E-state index contributed by atoms with van der Waals surface area (Å²) >= 11 is 0. The fourth-order valence-corrected chi connectivity index (χ4v) is 2.49. The van der Waals surface area contributed by atoms with Crippen LogP contribution in [0.2, 0.25) is 0 Å². The van der Waals surface area contributed by atoms with Crippen LogP contribution in [0, 0.1) is 5.92 Å². The Morgan fingerprint density at radius 1 is 1.18 bits per heavy atom. The molecule has 1 atom stereocenters. The zero-order valence-corrected chi connectivity index (χ0v) is 12.1. The summed E-state index contributed by atoms with van der Waals surface area (Å²) in [6.45, 7) is 2.32. The smallest absolute Gasteiger partial charge is 0.274 e. The molecule has 2 aromatic rings. The molecule has 0 aromatic carbocycles. The first kappa shape index (κ1) is 14.5. The normalized spacial score (nSPS) is 18.7. The van der Waals surface area contributed by atoms with Gasteiger partial charge in [-0.2, -0.15) is 0 Å². The van der Waals surface area contributed by atoms with Crippen molar-refractivity contribution in [3.63, 3.8) is 0 Å². The monoisotopic (exact) mass is 299 g/mol. The van der Waals surface area contributed by atoms with Crippen LogP contribution in [0.15, 0.2) is 37.2 Å². The quantitative estimate of drug-likeness (QED) is 0.825. The Morgan fingerprint density at radius 2 is 2.00 bits per heavy atom. The Kier molecular flexibility index (Phi) is 4.65. The van der Waals surface area contributed by atoms with Crippen molar-refractivity contribution in [3.05, 3.63) is 48.6 Å². The fraction of sp³-hybridized carbons (Fsp3) is 0.400. The maximum atomic E-state index is 12.5. The van der Waals surface area contributed by atoms with Gasteiger partial charge in [0.15, 0.2) is 0 Å². The molecule has 0 spiro atoms. The highest BCUT2D eigenvalue weighted by Crippen LogP contribution is 2.13. The molecule has 7 heteroatoms. The van der Waals surface area contributed by atoms with Gasteiger partial charge in [-0.3, -0.25) is 19.7 Å². The third-order valence-corrected chi connectivity index (χ3v) is 3.52. The summed E-state index contributed by atoms with van der Waals surface area (Å²) in [5, 5.41) is 0. The van der Waals surface area contributed by atoms with Gasteiger partial charge in [0.05, 0.1) is 25.1 Å². The van der Waals surface area contributed by atoms with Crippen LogP contribution in [-0.4, -0.2) is 57.0 Å². The van der Waals surface area contributed by atoms with E-state index in [1.165, 1.54) is 12.4 Å². The highest BCUT2D eigenvalue weighted by atomic mass is 16.5. The predicted molar refractivity (Wildman–Crippen MR) is 78.0 cm³/mol. The van der Waals surface area contributed by atoms with Crippen LogP contribution in [0.25, 0.3) is 0 Å². The van der Waals surface area contributed by atoms with E-state index in [9.17, 15) is 4.79 Å². The van der Waals surface area contributed by atoms with Crippen molar-refractivity contribution in [3.8, 4) is 0 Å². The zero-order valence-electron chi connectivity index (χ0n) is 12.1. The number of hydrogen-bond donors (Lipinski definition) is 0. The molecule has 2 aromatic heterocycles. The minimum atomic E-state index is -0.109. The van der Waals surface area contributed by atoms with Gasteiger partial charge in [0.2, 0.25) is 0 Å². The first-order chi connectivity index (χ1) is 10.8. The molecule has 1 aliphatic heterocycles. The van der Waals surface area contributed by atoms with E-state index in [1.807, 2.05) is 0 Å². The highest BCUT2D eigenvalue weighted by molar-refractivity contribution is 5.91. The van der Waals surface area contributed by atoms with Gasteiger partial charge in [-0.05, 0) is 6.42 Å². The molecule has 22 heavy (non-hydrogen) atoms. The van der Waals surface area contributed by atoms with Gasteiger partial charge in [-0.1, -0.05) is 0 Å². The SMILES string of the molecule is O=C(c1cnccn1)N1CCOC[C@H](Cc2cnccn2)C1. The van der Waals surface area contributed by atoms with E-state index in [2.05, 4.69) is 19.9 Å². The summed E-state index contributed by atoms with van der Waals surface area (Å²) < 4.78 is 5.62. The molecule has 3 rings (SSSR count). The summed E-state index contributed by atoms with van der Waals surface area (Å²) in [6, 6.07) is 0. The minimum Gasteiger partial charge on any atom is -0.379 e. The van der Waals surface area contributed by atoms with Gasteiger partial charge in [-0.25, -0.2) is 4.98 Å². The average Bonchev–Trinajstić information content (AvgIpc) is 2.81. The number of rotatable bonds is 3. The molecular weight excluding hydrogens is 282 g/mol. The second-order valence-corrected chi connectivity index (χ2v) is 5.18. The molecule has 1 saturated heterocycles. The Morgan fingerprint density at radius 3 is 2.73 bits per heavy atom. The second-order valence-electron chi connectivity index (χ2n) is 5.18. The third kappa shape index (κ3) is 3.62. The highest BCUT2D eigenvalue weighted by Gasteiger charge is 2.24. The lowest BCUT2D eigenvalue weighted by molar-refractivity contribution is 0.0731. The van der Waals surface area contributed by atoms with E-state index < -0.39 is 0 Å². The number of carbonyl (C=O) groups excluding carboxylic acids is 1. The van der Waals surface area contributed by atoms with Crippen molar-refractivity contribution in [2.75, 3.05) is 26.3 Å². The van der Waals surface area contributed by atoms with Gasteiger partial charge in [0.25, 0.3) is 5.91 Å². The Labute approximate surface area is 128 Å². The Bertz CT molecular complexity index is 608. The lowest BCUT2D eigenvalue weighted by Gasteiger charge is -2.22. The van der Waals surface area contributed by atoms with Crippen LogP contribution in [0.5, 0.6) is 0 Å². The van der Waals surface area contributed by atoms with Gasteiger partial charge < -0.3 is 9.64 Å². The number of nitrogens with zero attached hydrogens (tertiary/aromatic N) is 5. The fourth-order valence-electron chi connectivity index (χ4n) is 2.49. The maximum absolute atomic E-state index is 12.5. The summed E-state index contributed by atoms with van der Waals surface area (Å²) in [7, 11) is 0. The Balaban J connectivity index is 1.69. The average molecular weight is 299 g/mol. The molecule has 0 radical (unpaired) electrons. The first-order valence-corrected chi connectivity index (χ1v) is 7.21. The molecule has 1 fully saturated rings. The van der Waals surface area contributed by atoms with Gasteiger partial charge in [-0.15, -0.1) is 0 Å². The predicted octanol–water partition coefficient (Wildman–Crippen LogP) is 0.598. The molecule has 0 bridgehead atoms. The van der Waals surface area contributed by atoms with Crippen molar-refractivity contribution in [1.82, 2.24) is 24.8 Å². The molecule has 7 nitrogen and oxygen atoms in total. The summed E-state index contributed by atoms with van der Waals surface area (Å²) in [4.78, 5) is 30.7. The Hall–Kier alpha value is -2.41. The van der Waals surface area contributed by atoms with E-state index in [0.717, 1.165) is 12.1 Å². The summed E-state index contributed by atoms with van der Waals surface area (Å²) in [6.07, 6.45) is 10.4. The number of hydrogen-bond acceptors (Lipinski definition) is 6. The standard InChI is InChI=1S/C15H17N5O2/c21-15(14-9-17-2-4-19-14)20-5-6-22-11-12(10-20)7-13-8-16-1-3-18-13/h1-4,8-9,12H,5-7,10-11H2/t12-/m1/s1. The number of carbonyl (C=O) groups is 1. The van der Waals surface area contributed by atoms with Crippen LogP contribution in [0.1, 0.15) is 16.2 Å². The molecule has 0 aliphatic carbocycles. The molecule has 0 saturated carbocycles. The van der Waals surface area contributed by atoms with Crippen LogP contribution in [0.3, 0.4) is 0 Å². The summed E-state index contributed by atoms with van der Waals surface area (Å²) in [5.74, 6) is 0.0857. The van der Waals surface area contributed by atoms with Crippen LogP contribution in [-0.2, 0) is 11.2 Å². The van der Waals surface area contributed by atoms with E-state index in [4.69, 9.17) is 4.74 Å². The molecule has 1 amide bonds. The van der Waals surface area contributed by atoms with Crippen molar-refractivity contribution in [2.24, 2.45) is 5.92 Å². The zero-order chi connectivity index (χ0) is 15.2. The molecule has 3 heterocycles. The molecule has 0 N–H and O–H groups in total.